The van der Waals surface area contributed by atoms with Gasteiger partial charge in [-0.15, -0.1) is 34.5 Å². The molecule has 2 atom stereocenters. The van der Waals surface area contributed by atoms with Gasteiger partial charge in [-0.1, -0.05) is 6.92 Å². The molecule has 3 nitrogen and oxygen atoms in total. The number of aryl methyl sites for hydroxylation is 1. The van der Waals surface area contributed by atoms with Crippen molar-refractivity contribution in [3.8, 4) is 0 Å². The number of hydrogen-bond donors (Lipinski definition) is 1. The Bertz CT molecular complexity index is 543. The molecule has 2 aliphatic carbocycles. The third-order valence-electron chi connectivity index (χ3n) is 4.17. The second-order valence-electron chi connectivity index (χ2n) is 5.90. The number of thiazole rings is 1. The van der Waals surface area contributed by atoms with Crippen LogP contribution in [0.2, 0.25) is 0 Å². The summed E-state index contributed by atoms with van der Waals surface area (Å²) >= 11 is 13.6. The second kappa shape index (κ2) is 4.34. The number of hydrogen-bond acceptors (Lipinski definition) is 3. The van der Waals surface area contributed by atoms with Crippen molar-refractivity contribution in [2.45, 2.75) is 43.9 Å². The SMILES string of the molecule is CC1CCc2nc(NC(=O)C3(C)CC3(Cl)Cl)sc2C1. The highest BCUT2D eigenvalue weighted by atomic mass is 35.5. The molecule has 2 aliphatic rings. The number of amides is 1. The second-order valence-corrected chi connectivity index (χ2v) is 8.47. The first-order valence-corrected chi connectivity index (χ1v) is 8.07. The molecule has 0 aromatic carbocycles. The first-order valence-electron chi connectivity index (χ1n) is 6.50. The van der Waals surface area contributed by atoms with Gasteiger partial charge in [-0.25, -0.2) is 4.98 Å². The van der Waals surface area contributed by atoms with E-state index in [0.29, 0.717) is 17.5 Å². The van der Waals surface area contributed by atoms with Crippen LogP contribution in [-0.2, 0) is 17.6 Å². The van der Waals surface area contributed by atoms with Crippen molar-refractivity contribution in [1.29, 1.82) is 0 Å². The minimum absolute atomic E-state index is 0.128. The number of aromatic nitrogens is 1. The molecular formula is C13H16Cl2N2OS. The number of fused-ring (bicyclic) bond motifs is 1. The Hall–Kier alpha value is -0.320. The van der Waals surface area contributed by atoms with Gasteiger partial charge in [0.15, 0.2) is 5.13 Å². The molecular weight excluding hydrogens is 303 g/mol. The molecule has 1 N–H and O–H groups in total. The maximum absolute atomic E-state index is 12.2. The highest BCUT2D eigenvalue weighted by Crippen LogP contribution is 2.64. The quantitative estimate of drug-likeness (QED) is 0.843. The Kier molecular flexibility index (Phi) is 3.12. The molecule has 0 aliphatic heterocycles. The van der Waals surface area contributed by atoms with Gasteiger partial charge in [-0.3, -0.25) is 4.79 Å². The maximum Gasteiger partial charge on any atom is 0.235 e. The van der Waals surface area contributed by atoms with Crippen molar-refractivity contribution in [3.63, 3.8) is 0 Å². The molecule has 1 amide bonds. The molecule has 6 heteroatoms. The molecule has 3 rings (SSSR count). The number of anilines is 1. The molecule has 0 bridgehead atoms. The van der Waals surface area contributed by atoms with E-state index in [2.05, 4.69) is 17.2 Å². The van der Waals surface area contributed by atoms with Crippen molar-refractivity contribution in [1.82, 2.24) is 4.98 Å². The lowest BCUT2D eigenvalue weighted by Crippen LogP contribution is -2.25. The fourth-order valence-corrected chi connectivity index (χ4v) is 4.35. The van der Waals surface area contributed by atoms with Crippen molar-refractivity contribution in [2.75, 3.05) is 5.32 Å². The zero-order valence-electron chi connectivity index (χ0n) is 10.9. The lowest BCUT2D eigenvalue weighted by molar-refractivity contribution is -0.120. The van der Waals surface area contributed by atoms with Gasteiger partial charge in [-0.05, 0) is 38.5 Å². The van der Waals surface area contributed by atoms with Crippen molar-refractivity contribution >= 4 is 45.6 Å². The van der Waals surface area contributed by atoms with Crippen LogP contribution in [0.5, 0.6) is 0 Å². The van der Waals surface area contributed by atoms with Crippen LogP contribution in [-0.4, -0.2) is 15.2 Å². The maximum atomic E-state index is 12.2. The smallest absolute Gasteiger partial charge is 0.235 e. The van der Waals surface area contributed by atoms with Gasteiger partial charge in [0.25, 0.3) is 0 Å². The van der Waals surface area contributed by atoms with Crippen LogP contribution in [0.25, 0.3) is 0 Å². The summed E-state index contributed by atoms with van der Waals surface area (Å²) in [5.41, 5.74) is 0.456. The first kappa shape index (κ1) is 13.7. The van der Waals surface area contributed by atoms with Crippen molar-refractivity contribution in [2.24, 2.45) is 11.3 Å². The summed E-state index contributed by atoms with van der Waals surface area (Å²) in [5.74, 6) is 0.576. The summed E-state index contributed by atoms with van der Waals surface area (Å²) in [6, 6.07) is 0. The lowest BCUT2D eigenvalue weighted by Gasteiger charge is -2.15. The molecule has 0 spiro atoms. The monoisotopic (exact) mass is 318 g/mol. The van der Waals surface area contributed by atoms with E-state index in [1.807, 2.05) is 0 Å². The molecule has 1 saturated carbocycles. The Morgan fingerprint density at radius 3 is 2.84 bits per heavy atom. The summed E-state index contributed by atoms with van der Waals surface area (Å²) < 4.78 is -0.928. The van der Waals surface area contributed by atoms with Crippen LogP contribution in [0.4, 0.5) is 5.13 Å². The fourth-order valence-electron chi connectivity index (χ4n) is 2.47. The predicted molar refractivity (Wildman–Crippen MR) is 79.1 cm³/mol. The highest BCUT2D eigenvalue weighted by Gasteiger charge is 2.68. The van der Waals surface area contributed by atoms with Crippen LogP contribution in [0, 0.1) is 11.3 Å². The summed E-state index contributed by atoms with van der Waals surface area (Å²) in [7, 11) is 0. The zero-order valence-corrected chi connectivity index (χ0v) is 13.3. The number of rotatable bonds is 2. The third kappa shape index (κ3) is 2.28. The van der Waals surface area contributed by atoms with E-state index in [4.69, 9.17) is 23.2 Å². The first-order chi connectivity index (χ1) is 8.82. The van der Waals surface area contributed by atoms with E-state index in [0.717, 1.165) is 18.5 Å². The molecule has 1 aromatic heterocycles. The van der Waals surface area contributed by atoms with Crippen LogP contribution in [0.3, 0.4) is 0 Å². The van der Waals surface area contributed by atoms with Gasteiger partial charge in [0, 0.05) is 4.88 Å². The van der Waals surface area contributed by atoms with Crippen LogP contribution in [0.1, 0.15) is 37.3 Å². The highest BCUT2D eigenvalue weighted by molar-refractivity contribution is 7.15. The van der Waals surface area contributed by atoms with E-state index >= 15 is 0 Å². The molecule has 1 fully saturated rings. The molecule has 0 radical (unpaired) electrons. The Morgan fingerprint density at radius 1 is 1.53 bits per heavy atom. The minimum atomic E-state index is -0.928. The van der Waals surface area contributed by atoms with Crippen molar-refractivity contribution in [3.05, 3.63) is 10.6 Å². The molecule has 1 aromatic rings. The lowest BCUT2D eigenvalue weighted by atomic mass is 9.93. The van der Waals surface area contributed by atoms with Gasteiger partial charge in [0.05, 0.1) is 11.1 Å². The normalized spacial score (nSPS) is 31.7. The van der Waals surface area contributed by atoms with E-state index in [1.54, 1.807) is 18.3 Å². The van der Waals surface area contributed by atoms with Gasteiger partial charge >= 0.3 is 0 Å². The predicted octanol–water partition coefficient (Wildman–Crippen LogP) is 3.79. The van der Waals surface area contributed by atoms with Crippen molar-refractivity contribution < 1.29 is 4.79 Å². The van der Waals surface area contributed by atoms with Gasteiger partial charge in [-0.2, -0.15) is 0 Å². The van der Waals surface area contributed by atoms with Gasteiger partial charge < -0.3 is 5.32 Å². The molecule has 1 heterocycles. The van der Waals surface area contributed by atoms with E-state index in [9.17, 15) is 4.79 Å². The Balaban J connectivity index is 1.73. The number of nitrogens with zero attached hydrogens (tertiary/aromatic N) is 1. The third-order valence-corrected chi connectivity index (χ3v) is 6.30. The molecule has 0 saturated heterocycles. The summed E-state index contributed by atoms with van der Waals surface area (Å²) in [6.45, 7) is 4.04. The topological polar surface area (TPSA) is 42.0 Å². The Labute approximate surface area is 126 Å². The summed E-state index contributed by atoms with van der Waals surface area (Å²) in [5, 5.41) is 3.55. The largest absolute Gasteiger partial charge is 0.301 e. The number of halogens is 2. The number of nitrogens with one attached hydrogen (secondary N) is 1. The fraction of sp³-hybridized carbons (Fsp3) is 0.692. The zero-order chi connectivity index (χ0) is 13.8. The van der Waals surface area contributed by atoms with E-state index in [1.165, 1.54) is 11.3 Å². The minimum Gasteiger partial charge on any atom is -0.301 e. The van der Waals surface area contributed by atoms with E-state index in [-0.39, 0.29) is 5.91 Å². The van der Waals surface area contributed by atoms with Gasteiger partial charge in [0.2, 0.25) is 5.91 Å². The van der Waals surface area contributed by atoms with E-state index < -0.39 is 9.75 Å². The van der Waals surface area contributed by atoms with Crippen LogP contribution in [0.15, 0.2) is 0 Å². The summed E-state index contributed by atoms with van der Waals surface area (Å²) in [6.07, 6.45) is 3.75. The Morgan fingerprint density at radius 2 is 2.21 bits per heavy atom. The summed E-state index contributed by atoms with van der Waals surface area (Å²) in [4.78, 5) is 18.0. The number of carbonyl (C=O) groups is 1. The number of alkyl halides is 2. The van der Waals surface area contributed by atoms with Gasteiger partial charge in [0.1, 0.15) is 4.33 Å². The van der Waals surface area contributed by atoms with Crippen LogP contribution >= 0.6 is 34.5 Å². The molecule has 19 heavy (non-hydrogen) atoms. The van der Waals surface area contributed by atoms with Crippen LogP contribution < -0.4 is 5.32 Å². The average Bonchev–Trinajstić information content (AvgIpc) is 2.68. The molecule has 104 valence electrons. The number of carbonyl (C=O) groups excluding carboxylic acids is 1. The standard InChI is InChI=1S/C13H16Cl2N2OS/c1-7-3-4-8-9(5-7)19-11(16-8)17-10(18)12(2)6-13(12,14)15/h7H,3-6H2,1-2H3,(H,16,17,18). The molecule has 2 unspecified atom stereocenters. The average molecular weight is 319 g/mol.